The minimum atomic E-state index is -3.52. The van der Waals surface area contributed by atoms with E-state index in [0.717, 1.165) is 11.8 Å². The summed E-state index contributed by atoms with van der Waals surface area (Å²) in [5.41, 5.74) is 1.51. The Bertz CT molecular complexity index is 1240. The van der Waals surface area contributed by atoms with Crippen LogP contribution in [0.5, 0.6) is 5.75 Å². The van der Waals surface area contributed by atoms with E-state index in [-0.39, 0.29) is 21.1 Å². The second-order valence-electron chi connectivity index (χ2n) is 6.51. The molecule has 1 amide bonds. The number of aromatic nitrogens is 2. The maximum absolute atomic E-state index is 12.3. The largest absolute Gasteiger partial charge is 0.486 e. The molecule has 0 saturated carbocycles. The number of carbonyl (C=O) groups is 1. The number of ether oxygens (including phenoxy) is 1. The fraction of sp³-hybridized carbons (Fsp3) is 0.143. The van der Waals surface area contributed by atoms with Crippen molar-refractivity contribution in [3.05, 3.63) is 71.3 Å². The zero-order valence-electron chi connectivity index (χ0n) is 16.6. The maximum atomic E-state index is 12.3. The summed E-state index contributed by atoms with van der Waals surface area (Å²) in [5, 5.41) is 18.8. The molecule has 1 atom stereocenters. The van der Waals surface area contributed by atoms with Gasteiger partial charge >= 0.3 is 0 Å². The van der Waals surface area contributed by atoms with E-state index in [2.05, 4.69) is 15.5 Å². The van der Waals surface area contributed by atoms with Crippen LogP contribution in [0.1, 0.15) is 24.2 Å². The summed E-state index contributed by atoms with van der Waals surface area (Å²) in [7, 11) is -3.52. The number of nitrogens with zero attached hydrogens (tertiary/aromatic N) is 3. The van der Waals surface area contributed by atoms with Gasteiger partial charge in [-0.2, -0.15) is 5.26 Å². The second kappa shape index (κ2) is 9.51. The standard InChI is InChI=1S/C21H18N4O4S2/c1-14(16-6-4-3-5-7-16)29-18-10-8-15(9-11-18)12-17(13-22)19(26)23-20-24-25-21(30-20)31(2,27)28/h3-12,14H,1-2H3,(H,23,24,26)/b17-12-. The van der Waals surface area contributed by atoms with Crippen molar-refractivity contribution in [1.82, 2.24) is 10.2 Å². The molecule has 1 aromatic heterocycles. The number of hydrogen-bond acceptors (Lipinski definition) is 8. The average molecular weight is 455 g/mol. The van der Waals surface area contributed by atoms with E-state index in [9.17, 15) is 18.5 Å². The molecule has 3 rings (SSSR count). The van der Waals surface area contributed by atoms with E-state index >= 15 is 0 Å². The quantitative estimate of drug-likeness (QED) is 0.329. The lowest BCUT2D eigenvalue weighted by Gasteiger charge is -2.15. The Kier molecular flexibility index (Phi) is 6.79. The van der Waals surface area contributed by atoms with Crippen LogP contribution >= 0.6 is 11.3 Å². The fourth-order valence-corrected chi connectivity index (χ4v) is 4.03. The third kappa shape index (κ3) is 5.97. The van der Waals surface area contributed by atoms with Crippen molar-refractivity contribution in [3.63, 3.8) is 0 Å². The molecule has 1 unspecified atom stereocenters. The van der Waals surface area contributed by atoms with Crippen LogP contribution in [0.3, 0.4) is 0 Å². The Morgan fingerprint density at radius 2 is 1.84 bits per heavy atom. The molecule has 2 aromatic carbocycles. The molecule has 31 heavy (non-hydrogen) atoms. The SMILES string of the molecule is CC(Oc1ccc(/C=C(/C#N)C(=O)Nc2nnc(S(C)(=O)=O)s2)cc1)c1ccccc1. The first-order chi connectivity index (χ1) is 14.8. The highest BCUT2D eigenvalue weighted by Gasteiger charge is 2.17. The van der Waals surface area contributed by atoms with Crippen LogP contribution in [0.4, 0.5) is 5.13 Å². The first kappa shape index (κ1) is 22.1. The number of sulfone groups is 1. The highest BCUT2D eigenvalue weighted by Crippen LogP contribution is 2.23. The predicted molar refractivity (Wildman–Crippen MR) is 117 cm³/mol. The molecule has 10 heteroatoms. The Labute approximate surface area is 183 Å². The van der Waals surface area contributed by atoms with Crippen molar-refractivity contribution in [3.8, 4) is 11.8 Å². The van der Waals surface area contributed by atoms with Crippen LogP contribution in [0, 0.1) is 11.3 Å². The number of anilines is 1. The molecule has 1 heterocycles. The summed E-state index contributed by atoms with van der Waals surface area (Å²) in [6, 6.07) is 18.6. The lowest BCUT2D eigenvalue weighted by molar-refractivity contribution is -0.112. The molecule has 0 bridgehead atoms. The average Bonchev–Trinajstić information content (AvgIpc) is 3.22. The van der Waals surface area contributed by atoms with Gasteiger partial charge in [-0.05, 0) is 36.3 Å². The Hall–Kier alpha value is -3.55. The van der Waals surface area contributed by atoms with Gasteiger partial charge in [-0.15, -0.1) is 10.2 Å². The number of carbonyl (C=O) groups excluding carboxylic acids is 1. The van der Waals surface area contributed by atoms with Crippen LogP contribution < -0.4 is 10.1 Å². The summed E-state index contributed by atoms with van der Waals surface area (Å²) in [6.07, 6.45) is 2.28. The Morgan fingerprint density at radius 1 is 1.16 bits per heavy atom. The summed E-state index contributed by atoms with van der Waals surface area (Å²) < 4.78 is 28.6. The van der Waals surface area contributed by atoms with E-state index in [1.54, 1.807) is 24.3 Å². The number of nitrogens with one attached hydrogen (secondary N) is 1. The lowest BCUT2D eigenvalue weighted by Crippen LogP contribution is -2.13. The topological polar surface area (TPSA) is 122 Å². The molecule has 0 radical (unpaired) electrons. The molecular weight excluding hydrogens is 436 g/mol. The van der Waals surface area contributed by atoms with E-state index in [0.29, 0.717) is 22.6 Å². The third-order valence-corrected chi connectivity index (χ3v) is 6.59. The number of benzene rings is 2. The van der Waals surface area contributed by atoms with Crippen LogP contribution in [-0.4, -0.2) is 30.8 Å². The van der Waals surface area contributed by atoms with Gasteiger partial charge in [-0.25, -0.2) is 8.42 Å². The molecule has 1 N–H and O–H groups in total. The van der Waals surface area contributed by atoms with Gasteiger partial charge < -0.3 is 4.74 Å². The van der Waals surface area contributed by atoms with Crippen molar-refractivity contribution in [1.29, 1.82) is 5.26 Å². The number of rotatable bonds is 7. The minimum absolute atomic E-state index is 0.00905. The molecule has 0 aliphatic carbocycles. The van der Waals surface area contributed by atoms with E-state index in [1.165, 1.54) is 6.08 Å². The van der Waals surface area contributed by atoms with Crippen molar-refractivity contribution in [2.75, 3.05) is 11.6 Å². The third-order valence-electron chi connectivity index (χ3n) is 4.08. The highest BCUT2D eigenvalue weighted by molar-refractivity contribution is 7.92. The first-order valence-electron chi connectivity index (χ1n) is 9.04. The number of amides is 1. The van der Waals surface area contributed by atoms with E-state index < -0.39 is 15.7 Å². The maximum Gasteiger partial charge on any atom is 0.268 e. The Morgan fingerprint density at radius 3 is 2.42 bits per heavy atom. The molecule has 0 spiro atoms. The molecule has 0 aliphatic heterocycles. The van der Waals surface area contributed by atoms with Crippen molar-refractivity contribution in [2.45, 2.75) is 17.4 Å². The first-order valence-corrected chi connectivity index (χ1v) is 11.8. The molecule has 3 aromatic rings. The zero-order chi connectivity index (χ0) is 22.4. The van der Waals surface area contributed by atoms with Gasteiger partial charge in [0.2, 0.25) is 19.3 Å². The Balaban J connectivity index is 1.68. The van der Waals surface area contributed by atoms with E-state index in [1.807, 2.05) is 43.3 Å². The normalized spacial score (nSPS) is 12.6. The molecule has 0 fully saturated rings. The summed E-state index contributed by atoms with van der Waals surface area (Å²) in [6.45, 7) is 1.95. The molecule has 0 aliphatic rings. The second-order valence-corrected chi connectivity index (χ2v) is 9.68. The molecule has 158 valence electrons. The van der Waals surface area contributed by atoms with Crippen LogP contribution in [0.25, 0.3) is 6.08 Å². The van der Waals surface area contributed by atoms with E-state index in [4.69, 9.17) is 4.74 Å². The highest BCUT2D eigenvalue weighted by atomic mass is 32.2. The summed E-state index contributed by atoms with van der Waals surface area (Å²) in [5.74, 6) is -0.0599. The smallest absolute Gasteiger partial charge is 0.268 e. The van der Waals surface area contributed by atoms with Gasteiger partial charge in [0.1, 0.15) is 23.5 Å². The van der Waals surface area contributed by atoms with Crippen molar-refractivity contribution in [2.24, 2.45) is 0 Å². The van der Waals surface area contributed by atoms with Gasteiger partial charge in [0, 0.05) is 6.26 Å². The van der Waals surface area contributed by atoms with Gasteiger partial charge in [-0.1, -0.05) is 53.8 Å². The molecule has 0 saturated heterocycles. The minimum Gasteiger partial charge on any atom is -0.486 e. The van der Waals surface area contributed by atoms with Crippen molar-refractivity contribution < 1.29 is 17.9 Å². The van der Waals surface area contributed by atoms with Gasteiger partial charge in [-0.3, -0.25) is 10.1 Å². The monoisotopic (exact) mass is 454 g/mol. The number of hydrogen-bond donors (Lipinski definition) is 1. The predicted octanol–water partition coefficient (Wildman–Crippen LogP) is 3.63. The van der Waals surface area contributed by atoms with Crippen molar-refractivity contribution >= 4 is 38.3 Å². The zero-order valence-corrected chi connectivity index (χ0v) is 18.3. The van der Waals surface area contributed by atoms with Gasteiger partial charge in [0.15, 0.2) is 0 Å². The van der Waals surface area contributed by atoms with Crippen LogP contribution in [0.15, 0.2) is 64.5 Å². The lowest BCUT2D eigenvalue weighted by atomic mass is 10.1. The van der Waals surface area contributed by atoms with Gasteiger partial charge in [0.05, 0.1) is 0 Å². The van der Waals surface area contributed by atoms with Crippen LogP contribution in [-0.2, 0) is 14.6 Å². The number of nitriles is 1. The fourth-order valence-electron chi connectivity index (χ4n) is 2.53. The molecular formula is C21H18N4O4S2. The summed E-state index contributed by atoms with van der Waals surface area (Å²) in [4.78, 5) is 12.3. The van der Waals surface area contributed by atoms with Gasteiger partial charge in [0.25, 0.3) is 5.91 Å². The van der Waals surface area contributed by atoms with Crippen LogP contribution in [0.2, 0.25) is 0 Å². The molecule has 8 nitrogen and oxygen atoms in total. The summed E-state index contributed by atoms with van der Waals surface area (Å²) >= 11 is 0.713.